The molecule has 0 spiro atoms. The largest absolute Gasteiger partial charge is 0.309 e. The van der Waals surface area contributed by atoms with Crippen LogP contribution in [0.3, 0.4) is 0 Å². The highest BCUT2D eigenvalue weighted by atomic mass is 32.1. The number of benzene rings is 1. The molecule has 2 aromatic rings. The van der Waals surface area contributed by atoms with E-state index in [1.54, 1.807) is 0 Å². The van der Waals surface area contributed by atoms with Crippen LogP contribution >= 0.6 is 11.3 Å². The lowest BCUT2D eigenvalue weighted by atomic mass is 10.0. The Labute approximate surface area is 127 Å². The molecule has 0 amide bonds. The van der Waals surface area contributed by atoms with Gasteiger partial charge >= 0.3 is 0 Å². The molecule has 1 unspecified atom stereocenters. The molecule has 1 atom stereocenters. The molecule has 0 saturated carbocycles. The fourth-order valence-corrected chi connectivity index (χ4v) is 3.44. The maximum absolute atomic E-state index is 3.70. The number of thiophene rings is 1. The highest BCUT2D eigenvalue weighted by Crippen LogP contribution is 2.28. The van der Waals surface area contributed by atoms with Crippen LogP contribution in [-0.4, -0.2) is 6.54 Å². The SMILES string of the molecule is CCCNC(Cc1ccc(C)cc1)c1cc(C)c(C)s1. The molecule has 2 rings (SSSR count). The molecule has 0 bridgehead atoms. The fraction of sp³-hybridized carbons (Fsp3) is 0.444. The zero-order chi connectivity index (χ0) is 14.5. The van der Waals surface area contributed by atoms with Crippen LogP contribution in [-0.2, 0) is 6.42 Å². The van der Waals surface area contributed by atoms with E-state index in [2.05, 4.69) is 63.3 Å². The van der Waals surface area contributed by atoms with Gasteiger partial charge in [-0.15, -0.1) is 11.3 Å². The summed E-state index contributed by atoms with van der Waals surface area (Å²) in [7, 11) is 0. The molecular weight excluding hydrogens is 262 g/mol. The molecule has 0 saturated heterocycles. The van der Waals surface area contributed by atoms with Crippen molar-refractivity contribution >= 4 is 11.3 Å². The Morgan fingerprint density at radius 2 is 1.80 bits per heavy atom. The fourth-order valence-electron chi connectivity index (χ4n) is 2.33. The molecular formula is C18H25NS. The molecule has 0 fully saturated rings. The summed E-state index contributed by atoms with van der Waals surface area (Å²) >= 11 is 1.93. The highest BCUT2D eigenvalue weighted by molar-refractivity contribution is 7.12. The van der Waals surface area contributed by atoms with E-state index >= 15 is 0 Å². The third-order valence-corrected chi connectivity index (χ3v) is 5.00. The number of hydrogen-bond acceptors (Lipinski definition) is 2. The van der Waals surface area contributed by atoms with Gasteiger partial charge in [0.1, 0.15) is 0 Å². The number of aryl methyl sites for hydroxylation is 3. The Hall–Kier alpha value is -1.12. The number of rotatable bonds is 6. The van der Waals surface area contributed by atoms with Crippen LogP contribution in [0.25, 0.3) is 0 Å². The summed E-state index contributed by atoms with van der Waals surface area (Å²) in [5.74, 6) is 0. The van der Waals surface area contributed by atoms with Crippen molar-refractivity contribution in [2.45, 2.75) is 46.6 Å². The Balaban J connectivity index is 2.16. The van der Waals surface area contributed by atoms with Gasteiger partial charge in [-0.25, -0.2) is 0 Å². The monoisotopic (exact) mass is 287 g/mol. The molecule has 1 aromatic carbocycles. The quantitative estimate of drug-likeness (QED) is 0.792. The topological polar surface area (TPSA) is 12.0 Å². The van der Waals surface area contributed by atoms with Gasteiger partial charge in [-0.05, 0) is 57.4 Å². The average Bonchev–Trinajstić information content (AvgIpc) is 2.77. The van der Waals surface area contributed by atoms with Crippen molar-refractivity contribution in [1.29, 1.82) is 0 Å². The lowest BCUT2D eigenvalue weighted by Gasteiger charge is -2.17. The molecule has 108 valence electrons. The smallest absolute Gasteiger partial charge is 0.0455 e. The minimum atomic E-state index is 0.440. The summed E-state index contributed by atoms with van der Waals surface area (Å²) in [6.07, 6.45) is 2.24. The van der Waals surface area contributed by atoms with E-state index in [-0.39, 0.29) is 0 Å². The molecule has 1 nitrogen and oxygen atoms in total. The van der Waals surface area contributed by atoms with Crippen molar-refractivity contribution in [2.75, 3.05) is 6.54 Å². The minimum absolute atomic E-state index is 0.440. The van der Waals surface area contributed by atoms with E-state index in [1.165, 1.54) is 32.9 Å². The summed E-state index contributed by atoms with van der Waals surface area (Å²) in [5.41, 5.74) is 4.15. The summed E-state index contributed by atoms with van der Waals surface area (Å²) in [4.78, 5) is 2.90. The lowest BCUT2D eigenvalue weighted by Crippen LogP contribution is -2.23. The zero-order valence-corrected chi connectivity index (χ0v) is 13.8. The van der Waals surface area contributed by atoms with Crippen LogP contribution in [0.15, 0.2) is 30.3 Å². The predicted molar refractivity (Wildman–Crippen MR) is 89.7 cm³/mol. The van der Waals surface area contributed by atoms with Crippen LogP contribution in [0.4, 0.5) is 0 Å². The number of nitrogens with one attached hydrogen (secondary N) is 1. The van der Waals surface area contributed by atoms with Crippen molar-refractivity contribution in [2.24, 2.45) is 0 Å². The summed E-state index contributed by atoms with van der Waals surface area (Å²) < 4.78 is 0. The van der Waals surface area contributed by atoms with Gasteiger partial charge in [-0.2, -0.15) is 0 Å². The van der Waals surface area contributed by atoms with E-state index in [4.69, 9.17) is 0 Å². The zero-order valence-electron chi connectivity index (χ0n) is 13.0. The Morgan fingerprint density at radius 1 is 1.10 bits per heavy atom. The second kappa shape index (κ2) is 7.05. The van der Waals surface area contributed by atoms with E-state index in [0.717, 1.165) is 13.0 Å². The lowest BCUT2D eigenvalue weighted by molar-refractivity contribution is 0.536. The first-order chi connectivity index (χ1) is 9.60. The molecule has 0 aliphatic rings. The van der Waals surface area contributed by atoms with E-state index in [9.17, 15) is 0 Å². The van der Waals surface area contributed by atoms with Crippen molar-refractivity contribution in [3.05, 3.63) is 56.8 Å². The summed E-state index contributed by atoms with van der Waals surface area (Å²) in [6, 6.07) is 11.7. The standard InChI is InChI=1S/C18H25NS/c1-5-10-19-17(18-11-14(3)15(4)20-18)12-16-8-6-13(2)7-9-16/h6-9,11,17,19H,5,10,12H2,1-4H3. The highest BCUT2D eigenvalue weighted by Gasteiger charge is 2.14. The Morgan fingerprint density at radius 3 is 2.35 bits per heavy atom. The van der Waals surface area contributed by atoms with Gasteiger partial charge in [0.25, 0.3) is 0 Å². The second-order valence-corrected chi connectivity index (χ2v) is 6.87. The predicted octanol–water partition coefficient (Wildman–Crippen LogP) is 4.96. The van der Waals surface area contributed by atoms with E-state index in [1.807, 2.05) is 11.3 Å². The second-order valence-electron chi connectivity index (χ2n) is 5.58. The van der Waals surface area contributed by atoms with Crippen LogP contribution in [0.5, 0.6) is 0 Å². The van der Waals surface area contributed by atoms with Gasteiger partial charge in [0.15, 0.2) is 0 Å². The van der Waals surface area contributed by atoms with Crippen LogP contribution in [0.1, 0.15) is 45.8 Å². The van der Waals surface area contributed by atoms with Gasteiger partial charge in [-0.1, -0.05) is 36.8 Å². The van der Waals surface area contributed by atoms with E-state index in [0.29, 0.717) is 6.04 Å². The third-order valence-electron chi connectivity index (χ3n) is 3.73. The Bertz CT molecular complexity index is 520. The van der Waals surface area contributed by atoms with Crippen LogP contribution in [0.2, 0.25) is 0 Å². The van der Waals surface area contributed by atoms with Crippen LogP contribution < -0.4 is 5.32 Å². The van der Waals surface area contributed by atoms with Gasteiger partial charge < -0.3 is 5.32 Å². The van der Waals surface area contributed by atoms with Gasteiger partial charge in [0.05, 0.1) is 0 Å². The molecule has 0 aliphatic carbocycles. The molecule has 1 N–H and O–H groups in total. The van der Waals surface area contributed by atoms with Gasteiger partial charge in [0.2, 0.25) is 0 Å². The first-order valence-electron chi connectivity index (χ1n) is 7.46. The third kappa shape index (κ3) is 3.94. The summed E-state index contributed by atoms with van der Waals surface area (Å²) in [5, 5.41) is 3.70. The van der Waals surface area contributed by atoms with Crippen LogP contribution in [0, 0.1) is 20.8 Å². The minimum Gasteiger partial charge on any atom is -0.309 e. The van der Waals surface area contributed by atoms with Crippen molar-refractivity contribution in [3.63, 3.8) is 0 Å². The summed E-state index contributed by atoms with van der Waals surface area (Å²) in [6.45, 7) is 9.86. The molecule has 20 heavy (non-hydrogen) atoms. The van der Waals surface area contributed by atoms with Crippen molar-refractivity contribution in [1.82, 2.24) is 5.32 Å². The normalized spacial score (nSPS) is 12.6. The van der Waals surface area contributed by atoms with Crippen molar-refractivity contribution in [3.8, 4) is 0 Å². The van der Waals surface area contributed by atoms with Gasteiger partial charge in [0, 0.05) is 15.8 Å². The molecule has 0 aliphatic heterocycles. The maximum Gasteiger partial charge on any atom is 0.0455 e. The van der Waals surface area contributed by atoms with E-state index < -0.39 is 0 Å². The van der Waals surface area contributed by atoms with Gasteiger partial charge in [-0.3, -0.25) is 0 Å². The molecule has 1 aromatic heterocycles. The molecule has 2 heteroatoms. The Kier molecular flexibility index (Phi) is 5.38. The first-order valence-corrected chi connectivity index (χ1v) is 8.27. The average molecular weight is 287 g/mol. The maximum atomic E-state index is 3.70. The van der Waals surface area contributed by atoms with Crippen molar-refractivity contribution < 1.29 is 0 Å². The first kappa shape index (κ1) is 15.3. The molecule has 0 radical (unpaired) electrons. The molecule has 1 heterocycles. The number of hydrogen-bond donors (Lipinski definition) is 1.